The summed E-state index contributed by atoms with van der Waals surface area (Å²) in [6, 6.07) is 19.5. The lowest BCUT2D eigenvalue weighted by atomic mass is 9.80. The van der Waals surface area contributed by atoms with Crippen LogP contribution in [-0.4, -0.2) is 22.8 Å². The largest absolute Gasteiger partial charge is 0.327 e. The van der Waals surface area contributed by atoms with Gasteiger partial charge in [-0.3, -0.25) is 9.59 Å². The number of aryl methyl sites for hydroxylation is 1. The van der Waals surface area contributed by atoms with Crippen LogP contribution in [0.25, 0.3) is 0 Å². The van der Waals surface area contributed by atoms with E-state index in [1.807, 2.05) is 71.8 Å². The minimum absolute atomic E-state index is 0.0558. The molecule has 5 rings (SSSR count). The molecule has 0 bridgehead atoms. The molecule has 2 aromatic carbocycles. The lowest BCUT2D eigenvalue weighted by molar-refractivity contribution is -0.119. The summed E-state index contributed by atoms with van der Waals surface area (Å²) in [6.07, 6.45) is 4.27. The van der Waals surface area contributed by atoms with Crippen molar-refractivity contribution in [3.05, 3.63) is 87.6 Å². The predicted molar refractivity (Wildman–Crippen MR) is 124 cm³/mol. The highest BCUT2D eigenvalue weighted by Crippen LogP contribution is 2.47. The molecule has 158 valence electrons. The standard InChI is InChI=1S/C26H26N2O2S/c1-17-12-14-18(15-13-17)27-25(29)23-20-9-4-5-10-21(20)26(30)28(19-7-2-3-8-19)24(23)22-11-6-16-31-22/h4-6,9-16,19,23-24H,2-3,7-8H2,1H3,(H,27,29)/t23-,24+/m0/s1. The molecule has 1 aliphatic heterocycles. The molecule has 2 atom stereocenters. The van der Waals surface area contributed by atoms with Gasteiger partial charge in [0.15, 0.2) is 0 Å². The smallest absolute Gasteiger partial charge is 0.254 e. The first kappa shape index (κ1) is 20.0. The van der Waals surface area contributed by atoms with E-state index in [0.29, 0.717) is 5.56 Å². The van der Waals surface area contributed by atoms with E-state index in [-0.39, 0.29) is 23.9 Å². The van der Waals surface area contributed by atoms with Crippen molar-refractivity contribution in [3.63, 3.8) is 0 Å². The van der Waals surface area contributed by atoms with Crippen LogP contribution < -0.4 is 5.32 Å². The molecule has 0 radical (unpaired) electrons. The summed E-state index contributed by atoms with van der Waals surface area (Å²) in [7, 11) is 0. The zero-order valence-electron chi connectivity index (χ0n) is 17.6. The fraction of sp³-hybridized carbons (Fsp3) is 0.308. The van der Waals surface area contributed by atoms with Crippen molar-refractivity contribution in [2.24, 2.45) is 0 Å². The number of hydrogen-bond acceptors (Lipinski definition) is 3. The second-order valence-corrected chi connectivity index (χ2v) is 9.51. The molecule has 0 saturated heterocycles. The van der Waals surface area contributed by atoms with Crippen LogP contribution in [0.1, 0.15) is 64.0 Å². The molecule has 1 aliphatic carbocycles. The second-order valence-electron chi connectivity index (χ2n) is 8.53. The first-order valence-corrected chi connectivity index (χ1v) is 11.8. The van der Waals surface area contributed by atoms with Gasteiger partial charge in [0.25, 0.3) is 5.91 Å². The summed E-state index contributed by atoms with van der Waals surface area (Å²) in [5.74, 6) is -0.458. The van der Waals surface area contributed by atoms with Crippen LogP contribution in [0.2, 0.25) is 0 Å². The van der Waals surface area contributed by atoms with E-state index in [2.05, 4.69) is 11.4 Å². The summed E-state index contributed by atoms with van der Waals surface area (Å²) >= 11 is 1.62. The van der Waals surface area contributed by atoms with Gasteiger partial charge in [-0.1, -0.05) is 54.8 Å². The average Bonchev–Trinajstić information content (AvgIpc) is 3.49. The maximum atomic E-state index is 13.7. The Balaban J connectivity index is 1.61. The van der Waals surface area contributed by atoms with Gasteiger partial charge in [-0.05, 0) is 55.0 Å². The molecule has 1 fully saturated rings. The molecule has 0 spiro atoms. The van der Waals surface area contributed by atoms with Gasteiger partial charge in [-0.25, -0.2) is 0 Å². The molecule has 3 aromatic rings. The van der Waals surface area contributed by atoms with Crippen LogP contribution in [0.3, 0.4) is 0 Å². The number of amides is 2. The van der Waals surface area contributed by atoms with Gasteiger partial charge in [-0.2, -0.15) is 0 Å². The minimum Gasteiger partial charge on any atom is -0.327 e. The highest BCUT2D eigenvalue weighted by atomic mass is 32.1. The van der Waals surface area contributed by atoms with E-state index in [9.17, 15) is 9.59 Å². The normalized spacial score (nSPS) is 21.2. The summed E-state index contributed by atoms with van der Waals surface area (Å²) in [5.41, 5.74) is 3.41. The predicted octanol–water partition coefficient (Wildman–Crippen LogP) is 5.92. The van der Waals surface area contributed by atoms with Crippen molar-refractivity contribution >= 4 is 28.8 Å². The van der Waals surface area contributed by atoms with E-state index >= 15 is 0 Å². The monoisotopic (exact) mass is 430 g/mol. The lowest BCUT2D eigenvalue weighted by Gasteiger charge is -2.44. The summed E-state index contributed by atoms with van der Waals surface area (Å²) < 4.78 is 0. The van der Waals surface area contributed by atoms with Gasteiger partial charge in [0.2, 0.25) is 5.91 Å². The number of rotatable bonds is 4. The molecule has 2 aliphatic rings. The van der Waals surface area contributed by atoms with Gasteiger partial charge in [0.05, 0.1) is 12.0 Å². The number of benzene rings is 2. The molecule has 1 aromatic heterocycles. The number of anilines is 1. The molecule has 4 nitrogen and oxygen atoms in total. The third-order valence-electron chi connectivity index (χ3n) is 6.53. The van der Waals surface area contributed by atoms with Gasteiger partial charge in [-0.15, -0.1) is 11.3 Å². The Kier molecular flexibility index (Phi) is 5.36. The number of nitrogens with one attached hydrogen (secondary N) is 1. The first-order valence-electron chi connectivity index (χ1n) is 11.0. The van der Waals surface area contributed by atoms with Crippen LogP contribution in [0.5, 0.6) is 0 Å². The van der Waals surface area contributed by atoms with E-state index in [0.717, 1.165) is 47.4 Å². The third-order valence-corrected chi connectivity index (χ3v) is 7.47. The molecule has 0 unspecified atom stereocenters. The molecule has 1 N–H and O–H groups in total. The number of thiophene rings is 1. The van der Waals surface area contributed by atoms with Crippen molar-refractivity contribution in [1.82, 2.24) is 4.90 Å². The second kappa shape index (κ2) is 8.31. The van der Waals surface area contributed by atoms with Crippen LogP contribution in [0.15, 0.2) is 66.0 Å². The fourth-order valence-electron chi connectivity index (χ4n) is 5.04. The number of fused-ring (bicyclic) bond motifs is 1. The topological polar surface area (TPSA) is 49.4 Å². The van der Waals surface area contributed by atoms with Crippen molar-refractivity contribution in [2.45, 2.75) is 50.6 Å². The minimum atomic E-state index is -0.450. The van der Waals surface area contributed by atoms with Crippen molar-refractivity contribution in [2.75, 3.05) is 5.32 Å². The lowest BCUT2D eigenvalue weighted by Crippen LogP contribution is -2.49. The third kappa shape index (κ3) is 3.68. The Bertz CT molecular complexity index is 1080. The Labute approximate surface area is 186 Å². The summed E-state index contributed by atoms with van der Waals surface area (Å²) in [6.45, 7) is 2.03. The molecule has 1 saturated carbocycles. The SMILES string of the molecule is Cc1ccc(NC(=O)[C@H]2c3ccccc3C(=O)N(C3CCCC3)[C@@H]2c2cccs2)cc1. The van der Waals surface area contributed by atoms with Crippen LogP contribution in [-0.2, 0) is 4.79 Å². The quantitative estimate of drug-likeness (QED) is 0.559. The number of carbonyl (C=O) groups is 2. The van der Waals surface area contributed by atoms with Crippen molar-refractivity contribution in [1.29, 1.82) is 0 Å². The highest BCUT2D eigenvalue weighted by molar-refractivity contribution is 7.10. The molecule has 31 heavy (non-hydrogen) atoms. The summed E-state index contributed by atoms with van der Waals surface area (Å²) in [5, 5.41) is 5.16. The molecule has 2 heterocycles. The van der Waals surface area contributed by atoms with E-state index in [1.54, 1.807) is 11.3 Å². The number of hydrogen-bond donors (Lipinski definition) is 1. The maximum absolute atomic E-state index is 13.7. The van der Waals surface area contributed by atoms with Crippen molar-refractivity contribution in [3.8, 4) is 0 Å². The van der Waals surface area contributed by atoms with E-state index < -0.39 is 5.92 Å². The van der Waals surface area contributed by atoms with Crippen LogP contribution in [0, 0.1) is 6.92 Å². The fourth-order valence-corrected chi connectivity index (χ4v) is 5.90. The van der Waals surface area contributed by atoms with Crippen LogP contribution in [0.4, 0.5) is 5.69 Å². The molecule has 5 heteroatoms. The Hall–Kier alpha value is -2.92. The molecular formula is C26H26N2O2S. The van der Waals surface area contributed by atoms with Crippen LogP contribution >= 0.6 is 11.3 Å². The zero-order chi connectivity index (χ0) is 21.4. The molecule has 2 amide bonds. The number of carbonyl (C=O) groups excluding carboxylic acids is 2. The zero-order valence-corrected chi connectivity index (χ0v) is 18.4. The summed E-state index contributed by atoms with van der Waals surface area (Å²) in [4.78, 5) is 30.5. The van der Waals surface area contributed by atoms with Gasteiger partial charge in [0, 0.05) is 22.2 Å². The molecular weight excluding hydrogens is 404 g/mol. The van der Waals surface area contributed by atoms with E-state index in [1.165, 1.54) is 0 Å². The maximum Gasteiger partial charge on any atom is 0.254 e. The highest BCUT2D eigenvalue weighted by Gasteiger charge is 2.47. The van der Waals surface area contributed by atoms with Crippen molar-refractivity contribution < 1.29 is 9.59 Å². The number of nitrogens with zero attached hydrogens (tertiary/aromatic N) is 1. The average molecular weight is 431 g/mol. The Morgan fingerprint density at radius 1 is 1.00 bits per heavy atom. The van der Waals surface area contributed by atoms with Gasteiger partial charge >= 0.3 is 0 Å². The Morgan fingerprint density at radius 2 is 1.74 bits per heavy atom. The first-order chi connectivity index (χ1) is 15.1. The van der Waals surface area contributed by atoms with Gasteiger partial charge < -0.3 is 10.2 Å². The Morgan fingerprint density at radius 3 is 2.45 bits per heavy atom. The van der Waals surface area contributed by atoms with E-state index in [4.69, 9.17) is 0 Å². The van der Waals surface area contributed by atoms with Gasteiger partial charge in [0.1, 0.15) is 0 Å².